The van der Waals surface area contributed by atoms with Crippen LogP contribution in [0, 0.1) is 0 Å². The maximum absolute atomic E-state index is 12.5. The van der Waals surface area contributed by atoms with Crippen molar-refractivity contribution in [1.82, 2.24) is 19.7 Å². The highest BCUT2D eigenvalue weighted by atomic mass is 32.3. The smallest absolute Gasteiger partial charge is 0.357 e. The minimum Gasteiger partial charge on any atom is -0.357 e. The van der Waals surface area contributed by atoms with Crippen LogP contribution in [-0.4, -0.2) is 34.1 Å². The second-order valence-corrected chi connectivity index (χ2v) is 5.41. The first kappa shape index (κ1) is 15.8. The van der Waals surface area contributed by atoms with Crippen molar-refractivity contribution in [1.29, 1.82) is 0 Å². The Kier molecular flexibility index (Phi) is 4.35. The van der Waals surface area contributed by atoms with Crippen molar-refractivity contribution in [2.45, 2.75) is 19.9 Å². The summed E-state index contributed by atoms with van der Waals surface area (Å²) in [4.78, 5) is 19.6. The van der Waals surface area contributed by atoms with Crippen LogP contribution in [0.2, 0.25) is 0 Å². The highest BCUT2D eigenvalue weighted by Gasteiger charge is 2.15. The Morgan fingerprint density at radius 3 is 2.77 bits per heavy atom. The number of nitrogens with one attached hydrogen (secondary N) is 1. The lowest BCUT2D eigenvalue weighted by Crippen LogP contribution is -2.18. The van der Waals surface area contributed by atoms with E-state index in [0.717, 1.165) is 12.3 Å². The maximum atomic E-state index is 12.5. The van der Waals surface area contributed by atoms with E-state index < -0.39 is 22.2 Å². The topological polar surface area (TPSA) is 116 Å². The molecule has 0 fully saturated rings. The highest BCUT2D eigenvalue weighted by Crippen LogP contribution is 2.16. The van der Waals surface area contributed by atoms with E-state index in [4.69, 9.17) is 0 Å². The van der Waals surface area contributed by atoms with Crippen molar-refractivity contribution in [2.75, 3.05) is 5.32 Å². The predicted octanol–water partition coefficient (Wildman–Crippen LogP) is 1.10. The number of amides is 1. The molecule has 11 heteroatoms. The molecule has 0 aromatic carbocycles. The molecule has 0 unspecified atom stereocenters. The molecule has 2 heterocycles. The molecule has 0 saturated carbocycles. The summed E-state index contributed by atoms with van der Waals surface area (Å²) in [6.07, 6.45) is 3.41. The number of rotatable bonds is 5. The van der Waals surface area contributed by atoms with Gasteiger partial charge in [-0.15, -0.1) is 0 Å². The van der Waals surface area contributed by atoms with Crippen LogP contribution in [0.3, 0.4) is 0 Å². The lowest BCUT2D eigenvalue weighted by molar-refractivity contribution is 0.102. The Balaban J connectivity index is 2.19. The molecule has 1 amide bonds. The van der Waals surface area contributed by atoms with E-state index >= 15 is 0 Å². The van der Waals surface area contributed by atoms with Crippen LogP contribution >= 0.6 is 0 Å². The van der Waals surface area contributed by atoms with Crippen LogP contribution in [-0.2, 0) is 10.5 Å². The first-order valence-electron chi connectivity index (χ1n) is 6.06. The Morgan fingerprint density at radius 1 is 1.41 bits per heavy atom. The second-order valence-electron chi connectivity index (χ2n) is 4.46. The third-order valence-electron chi connectivity index (χ3n) is 2.46. The van der Waals surface area contributed by atoms with E-state index in [-0.39, 0.29) is 17.6 Å². The molecule has 0 saturated heterocycles. The minimum absolute atomic E-state index is 0.0257. The summed E-state index contributed by atoms with van der Waals surface area (Å²) in [6, 6.07) is 1.01. The van der Waals surface area contributed by atoms with Gasteiger partial charge in [0, 0.05) is 6.20 Å². The summed E-state index contributed by atoms with van der Waals surface area (Å²) in [7, 11) is -5.19. The van der Waals surface area contributed by atoms with Crippen LogP contribution in [0.1, 0.15) is 30.2 Å². The number of pyridine rings is 1. The van der Waals surface area contributed by atoms with Crippen LogP contribution in [0.15, 0.2) is 24.8 Å². The van der Waals surface area contributed by atoms with Crippen molar-refractivity contribution < 1.29 is 21.3 Å². The zero-order valence-corrected chi connectivity index (χ0v) is 12.4. The summed E-state index contributed by atoms with van der Waals surface area (Å²) < 4.78 is 38.8. The molecule has 118 valence electrons. The van der Waals surface area contributed by atoms with Crippen molar-refractivity contribution >= 4 is 22.4 Å². The van der Waals surface area contributed by atoms with Crippen molar-refractivity contribution in [3.05, 3.63) is 30.4 Å². The van der Waals surface area contributed by atoms with Gasteiger partial charge >= 0.3 is 10.5 Å². The molecule has 1 N–H and O–H groups in total. The summed E-state index contributed by atoms with van der Waals surface area (Å²) in [5.41, 5.74) is -0.0283. The Morgan fingerprint density at radius 2 is 2.14 bits per heavy atom. The molecule has 0 spiro atoms. The maximum Gasteiger partial charge on any atom is 0.488 e. The van der Waals surface area contributed by atoms with Crippen LogP contribution in [0.5, 0.6) is 5.75 Å². The van der Waals surface area contributed by atoms with Crippen molar-refractivity contribution in [3.8, 4) is 5.75 Å². The number of aromatic nitrogens is 4. The second kappa shape index (κ2) is 6.05. The molecule has 2 aromatic heterocycles. The molecule has 0 aliphatic heterocycles. The summed E-state index contributed by atoms with van der Waals surface area (Å²) >= 11 is 0. The fraction of sp³-hybridized carbons (Fsp3) is 0.273. The SMILES string of the molecule is CC(C)n1ncnc1NC(=O)c1cncc(OS(=O)(=O)F)c1. The van der Waals surface area contributed by atoms with Gasteiger partial charge in [0.25, 0.3) is 5.91 Å². The number of halogens is 1. The van der Waals surface area contributed by atoms with Crippen LogP contribution in [0.4, 0.5) is 9.83 Å². The molecule has 0 radical (unpaired) electrons. The highest BCUT2D eigenvalue weighted by molar-refractivity contribution is 7.81. The third kappa shape index (κ3) is 3.97. The Labute approximate surface area is 125 Å². The number of anilines is 1. The number of carbonyl (C=O) groups excluding carboxylic acids is 1. The van der Waals surface area contributed by atoms with Gasteiger partial charge < -0.3 is 4.18 Å². The molecule has 0 bridgehead atoms. The van der Waals surface area contributed by atoms with Gasteiger partial charge in [-0.2, -0.15) is 18.5 Å². The molecular weight excluding hydrogens is 317 g/mol. The average Bonchev–Trinajstić information content (AvgIpc) is 2.85. The van der Waals surface area contributed by atoms with E-state index in [2.05, 4.69) is 24.6 Å². The molecular formula is C11H12FN5O4S. The first-order chi connectivity index (χ1) is 10.3. The Hall–Kier alpha value is -2.56. The summed E-state index contributed by atoms with van der Waals surface area (Å²) in [6.45, 7) is 3.71. The molecule has 0 aliphatic rings. The zero-order valence-electron chi connectivity index (χ0n) is 11.6. The fourth-order valence-corrected chi connectivity index (χ4v) is 1.92. The number of hydrogen-bond acceptors (Lipinski definition) is 7. The van der Waals surface area contributed by atoms with E-state index in [9.17, 15) is 17.1 Å². The van der Waals surface area contributed by atoms with Gasteiger partial charge in [0.1, 0.15) is 6.33 Å². The number of hydrogen-bond donors (Lipinski definition) is 1. The number of carbonyl (C=O) groups is 1. The first-order valence-corrected chi connectivity index (χ1v) is 7.37. The van der Waals surface area contributed by atoms with Crippen LogP contribution in [0.25, 0.3) is 0 Å². The lowest BCUT2D eigenvalue weighted by Gasteiger charge is -2.10. The Bertz CT molecular complexity index is 789. The molecule has 0 aliphatic carbocycles. The van der Waals surface area contributed by atoms with E-state index in [1.54, 1.807) is 0 Å². The molecule has 0 atom stereocenters. The molecule has 2 rings (SSSR count). The van der Waals surface area contributed by atoms with Gasteiger partial charge in [0.15, 0.2) is 5.75 Å². The minimum atomic E-state index is -5.19. The quantitative estimate of drug-likeness (QED) is 0.816. The van der Waals surface area contributed by atoms with E-state index in [0.29, 0.717) is 0 Å². The van der Waals surface area contributed by atoms with Gasteiger partial charge in [-0.3, -0.25) is 15.1 Å². The fourth-order valence-electron chi connectivity index (χ4n) is 1.59. The number of nitrogens with zero attached hydrogens (tertiary/aromatic N) is 4. The van der Waals surface area contributed by atoms with Crippen molar-refractivity contribution in [3.63, 3.8) is 0 Å². The predicted molar refractivity (Wildman–Crippen MR) is 73.3 cm³/mol. The van der Waals surface area contributed by atoms with Crippen molar-refractivity contribution in [2.24, 2.45) is 0 Å². The summed E-state index contributed by atoms with van der Waals surface area (Å²) in [5.74, 6) is -0.825. The van der Waals surface area contributed by atoms with E-state index in [1.807, 2.05) is 13.8 Å². The van der Waals surface area contributed by atoms with Crippen LogP contribution < -0.4 is 9.50 Å². The zero-order chi connectivity index (χ0) is 16.3. The normalized spacial score (nSPS) is 11.5. The van der Waals surface area contributed by atoms with E-state index in [1.165, 1.54) is 17.2 Å². The summed E-state index contributed by atoms with van der Waals surface area (Å²) in [5, 5.41) is 6.44. The molecule has 2 aromatic rings. The molecule has 22 heavy (non-hydrogen) atoms. The standard InChI is InChI=1S/C11H12FN5O4S/c1-7(2)17-11(14-6-15-17)16-10(18)8-3-9(5-13-4-8)21-22(12,19)20/h3-7H,1-2H3,(H,14,15,16,18). The lowest BCUT2D eigenvalue weighted by atomic mass is 10.2. The average molecular weight is 329 g/mol. The van der Waals surface area contributed by atoms with Gasteiger partial charge in [0.05, 0.1) is 17.8 Å². The van der Waals surface area contributed by atoms with Gasteiger partial charge in [-0.1, -0.05) is 3.89 Å². The van der Waals surface area contributed by atoms with Gasteiger partial charge in [-0.05, 0) is 19.9 Å². The van der Waals surface area contributed by atoms with Gasteiger partial charge in [0.2, 0.25) is 5.95 Å². The molecule has 9 nitrogen and oxygen atoms in total. The largest absolute Gasteiger partial charge is 0.488 e. The van der Waals surface area contributed by atoms with Gasteiger partial charge in [-0.25, -0.2) is 4.68 Å². The third-order valence-corrected chi connectivity index (χ3v) is 2.85. The monoisotopic (exact) mass is 329 g/mol.